The van der Waals surface area contributed by atoms with E-state index in [1.54, 1.807) is 14.1 Å². The second-order valence-electron chi connectivity index (χ2n) is 8.77. The number of halogens is 9. The molecule has 0 fully saturated rings. The van der Waals surface area contributed by atoms with E-state index in [1.165, 1.54) is 12.8 Å². The van der Waals surface area contributed by atoms with Crippen molar-refractivity contribution in [1.82, 2.24) is 4.72 Å². The maximum Gasteiger partial charge on any atom is 0.460 e. The molecule has 0 radical (unpaired) electrons. The second-order valence-corrected chi connectivity index (χ2v) is 10.6. The van der Waals surface area contributed by atoms with Crippen molar-refractivity contribution in [2.75, 3.05) is 33.7 Å². The van der Waals surface area contributed by atoms with Gasteiger partial charge in [0.05, 0.1) is 27.2 Å². The van der Waals surface area contributed by atoms with Gasteiger partial charge in [0.2, 0.25) is 0 Å². The van der Waals surface area contributed by atoms with E-state index in [-0.39, 0.29) is 13.0 Å². The highest BCUT2D eigenvalue weighted by Crippen LogP contribution is 2.54. The molecule has 0 amide bonds. The quantitative estimate of drug-likeness (QED) is 0.145. The van der Waals surface area contributed by atoms with Crippen LogP contribution in [0.1, 0.15) is 64.7 Å². The van der Waals surface area contributed by atoms with Gasteiger partial charge in [0.15, 0.2) is 0 Å². The number of unbranched alkanes of at least 4 members (excludes halogenated alkanes) is 7. The molecule has 0 aliphatic carbocycles. The van der Waals surface area contributed by atoms with Gasteiger partial charge < -0.3 is 4.48 Å². The maximum absolute atomic E-state index is 13.6. The van der Waals surface area contributed by atoms with Crippen LogP contribution in [0.15, 0.2) is 0 Å². The lowest BCUT2D eigenvalue weighted by Crippen LogP contribution is -2.65. The van der Waals surface area contributed by atoms with Crippen LogP contribution in [0, 0.1) is 0 Å². The first-order valence-electron chi connectivity index (χ1n) is 10.8. The summed E-state index contributed by atoms with van der Waals surface area (Å²) in [6, 6.07) is 0. The summed E-state index contributed by atoms with van der Waals surface area (Å²) in [4.78, 5) is 0. The minimum Gasteiger partial charge on any atom is -0.328 e. The van der Waals surface area contributed by atoms with E-state index >= 15 is 0 Å². The summed E-state index contributed by atoms with van der Waals surface area (Å²) in [5.41, 5.74) is 0. The Bertz CT molecular complexity index is 681. The fourth-order valence-corrected chi connectivity index (χ4v) is 4.18. The lowest BCUT2D eigenvalue weighted by Gasteiger charge is -2.33. The van der Waals surface area contributed by atoms with Gasteiger partial charge in [-0.2, -0.15) is 39.5 Å². The van der Waals surface area contributed by atoms with Crippen molar-refractivity contribution in [2.45, 2.75) is 88.0 Å². The van der Waals surface area contributed by atoms with Gasteiger partial charge in [-0.3, -0.25) is 0 Å². The third-order valence-corrected chi connectivity index (χ3v) is 6.82. The first-order chi connectivity index (χ1) is 14.8. The summed E-state index contributed by atoms with van der Waals surface area (Å²) in [7, 11) is -2.97. The van der Waals surface area contributed by atoms with Gasteiger partial charge in [-0.25, -0.2) is 13.1 Å². The van der Waals surface area contributed by atoms with Crippen molar-refractivity contribution in [3.05, 3.63) is 0 Å². The third kappa shape index (κ3) is 8.75. The summed E-state index contributed by atoms with van der Waals surface area (Å²) in [6.07, 6.45) is 1.48. The number of hydrogen-bond acceptors (Lipinski definition) is 2. The highest BCUT2D eigenvalue weighted by molar-refractivity contribution is 7.90. The molecule has 0 spiro atoms. The van der Waals surface area contributed by atoms with Crippen molar-refractivity contribution in [3.63, 3.8) is 0 Å². The lowest BCUT2D eigenvalue weighted by molar-refractivity contribution is -0.890. The predicted octanol–water partition coefficient (Wildman–Crippen LogP) is 5.94. The predicted molar refractivity (Wildman–Crippen MR) is 107 cm³/mol. The summed E-state index contributed by atoms with van der Waals surface area (Å²) < 4.78 is 140. The van der Waals surface area contributed by atoms with Crippen LogP contribution in [0.4, 0.5) is 39.5 Å². The molecule has 0 aliphatic heterocycles. The Balaban J connectivity index is 4.66. The van der Waals surface area contributed by atoms with Crippen LogP contribution >= 0.6 is 0 Å². The van der Waals surface area contributed by atoms with Crippen molar-refractivity contribution in [2.24, 2.45) is 0 Å². The molecule has 14 heteroatoms. The Morgan fingerprint density at radius 3 is 1.55 bits per heavy atom. The molecule has 0 saturated heterocycles. The molecule has 0 saturated carbocycles. The standard InChI is InChI=1S/C19H34F9N2O2S/c1-4-5-6-7-8-9-10-11-14-30(2,3)15-12-13-29-33(31,32)19(27,28)17(22,23)16(20,21)18(24,25)26/h29H,4-15H2,1-3H3/q+1. The van der Waals surface area contributed by atoms with Gasteiger partial charge in [0, 0.05) is 13.0 Å². The average Bonchev–Trinajstić information content (AvgIpc) is 2.66. The summed E-state index contributed by atoms with van der Waals surface area (Å²) in [5, 5.41) is -6.69. The van der Waals surface area contributed by atoms with Crippen molar-refractivity contribution < 1.29 is 52.4 Å². The van der Waals surface area contributed by atoms with E-state index in [4.69, 9.17) is 0 Å². The van der Waals surface area contributed by atoms with Crippen LogP contribution in [0.5, 0.6) is 0 Å². The number of nitrogens with zero attached hydrogens (tertiary/aromatic N) is 1. The second kappa shape index (κ2) is 12.3. The largest absolute Gasteiger partial charge is 0.460 e. The zero-order valence-corrected chi connectivity index (χ0v) is 19.9. The lowest BCUT2D eigenvalue weighted by atomic mass is 10.1. The van der Waals surface area contributed by atoms with Gasteiger partial charge in [0.1, 0.15) is 0 Å². The molecule has 0 aromatic rings. The molecule has 0 atom stereocenters. The Labute approximate surface area is 189 Å². The number of sulfonamides is 1. The SMILES string of the molecule is CCCCCCCCCC[N+](C)(C)CCCNS(=O)(=O)C(F)(F)C(F)(F)C(F)(F)C(F)(F)F. The zero-order valence-electron chi connectivity index (χ0n) is 19.1. The van der Waals surface area contributed by atoms with Gasteiger partial charge in [0.25, 0.3) is 10.0 Å². The summed E-state index contributed by atoms with van der Waals surface area (Å²) in [6.45, 7) is 2.20. The molecule has 0 aromatic heterocycles. The first kappa shape index (κ1) is 32.2. The van der Waals surface area contributed by atoms with Gasteiger partial charge in [-0.15, -0.1) is 0 Å². The average molecular weight is 526 g/mol. The van der Waals surface area contributed by atoms with Crippen LogP contribution in [0.25, 0.3) is 0 Å². The molecule has 200 valence electrons. The Hall–Kier alpha value is -0.760. The maximum atomic E-state index is 13.6. The van der Waals surface area contributed by atoms with Crippen molar-refractivity contribution >= 4 is 10.0 Å². The molecule has 4 nitrogen and oxygen atoms in total. The van der Waals surface area contributed by atoms with E-state index in [2.05, 4.69) is 6.92 Å². The first-order valence-corrected chi connectivity index (χ1v) is 12.3. The van der Waals surface area contributed by atoms with Crippen LogP contribution in [-0.4, -0.2) is 69.9 Å². The van der Waals surface area contributed by atoms with Crippen LogP contribution < -0.4 is 4.72 Å². The molecule has 0 bridgehead atoms. The number of rotatable bonds is 17. The van der Waals surface area contributed by atoms with Gasteiger partial charge in [-0.1, -0.05) is 45.4 Å². The molecule has 33 heavy (non-hydrogen) atoms. The fourth-order valence-electron chi connectivity index (χ4n) is 3.12. The smallest absolute Gasteiger partial charge is 0.328 e. The molecular weight excluding hydrogens is 491 g/mol. The monoisotopic (exact) mass is 525 g/mol. The number of alkyl halides is 9. The highest BCUT2D eigenvalue weighted by Gasteiger charge is 2.85. The Morgan fingerprint density at radius 2 is 1.09 bits per heavy atom. The van der Waals surface area contributed by atoms with E-state index in [9.17, 15) is 47.9 Å². The minimum atomic E-state index is -7.26. The minimum absolute atomic E-state index is 0.124. The van der Waals surface area contributed by atoms with E-state index < -0.39 is 39.8 Å². The number of quaternary nitrogens is 1. The topological polar surface area (TPSA) is 46.2 Å². The summed E-state index contributed by atoms with van der Waals surface area (Å²) >= 11 is 0. The zero-order chi connectivity index (χ0) is 26.2. The molecule has 1 N–H and O–H groups in total. The van der Waals surface area contributed by atoms with Crippen molar-refractivity contribution in [3.8, 4) is 0 Å². The number of nitrogens with one attached hydrogen (secondary N) is 1. The normalized spacial score (nSPS) is 14.7. The Kier molecular flexibility index (Phi) is 12.0. The third-order valence-electron chi connectivity index (χ3n) is 5.30. The van der Waals surface area contributed by atoms with E-state index in [1.807, 2.05) is 0 Å². The molecule has 0 heterocycles. The fraction of sp³-hybridized carbons (Fsp3) is 1.00. The molecule has 0 aliphatic rings. The van der Waals surface area contributed by atoms with Gasteiger partial charge in [-0.05, 0) is 12.8 Å². The Morgan fingerprint density at radius 1 is 0.667 bits per heavy atom. The summed E-state index contributed by atoms with van der Waals surface area (Å²) in [5.74, 6) is -14.5. The van der Waals surface area contributed by atoms with Crippen LogP contribution in [-0.2, 0) is 10.0 Å². The highest BCUT2D eigenvalue weighted by atomic mass is 32.2. The van der Waals surface area contributed by atoms with Crippen molar-refractivity contribution in [1.29, 1.82) is 0 Å². The molecular formula is C19H34F9N2O2S+. The van der Waals surface area contributed by atoms with Crippen LogP contribution in [0.2, 0.25) is 0 Å². The van der Waals surface area contributed by atoms with E-state index in [0.29, 0.717) is 11.0 Å². The molecule has 0 aromatic carbocycles. The van der Waals surface area contributed by atoms with Crippen LogP contribution in [0.3, 0.4) is 0 Å². The number of hydrogen-bond donors (Lipinski definition) is 1. The van der Waals surface area contributed by atoms with E-state index in [0.717, 1.165) is 43.2 Å². The molecule has 0 unspecified atom stereocenters. The van der Waals surface area contributed by atoms with Gasteiger partial charge >= 0.3 is 23.3 Å². The molecule has 0 rings (SSSR count).